The lowest BCUT2D eigenvalue weighted by Crippen LogP contribution is -2.57. The Labute approximate surface area is 184 Å². The van der Waals surface area contributed by atoms with Crippen molar-refractivity contribution < 1.29 is 39.0 Å². The molecule has 1 aliphatic heterocycles. The van der Waals surface area contributed by atoms with E-state index in [1.54, 1.807) is 13.8 Å². The summed E-state index contributed by atoms with van der Waals surface area (Å²) in [6, 6.07) is -4.84. The van der Waals surface area contributed by atoms with Crippen molar-refractivity contribution in [2.75, 3.05) is 6.54 Å². The van der Waals surface area contributed by atoms with Crippen LogP contribution in [0.2, 0.25) is 0 Å². The van der Waals surface area contributed by atoms with E-state index >= 15 is 0 Å². The van der Waals surface area contributed by atoms with Crippen LogP contribution < -0.4 is 22.1 Å². The number of likely N-dealkylation sites (tertiary alicyclic amines) is 1. The number of nitrogens with zero attached hydrogens (tertiary/aromatic N) is 1. The second kappa shape index (κ2) is 12.0. The maximum absolute atomic E-state index is 13.0. The van der Waals surface area contributed by atoms with Crippen LogP contribution in [0.15, 0.2) is 0 Å². The van der Waals surface area contributed by atoms with Gasteiger partial charge in [-0.3, -0.25) is 24.0 Å². The Morgan fingerprint density at radius 2 is 1.69 bits per heavy atom. The highest BCUT2D eigenvalue weighted by Gasteiger charge is 2.39. The third-order valence-corrected chi connectivity index (χ3v) is 5.15. The van der Waals surface area contributed by atoms with Gasteiger partial charge in [0, 0.05) is 13.0 Å². The normalized spacial score (nSPS) is 18.5. The molecule has 0 bridgehead atoms. The minimum Gasteiger partial charge on any atom is -0.481 e. The number of nitrogens with two attached hydrogens (primary N) is 2. The van der Waals surface area contributed by atoms with E-state index < -0.39 is 66.2 Å². The third kappa shape index (κ3) is 7.80. The van der Waals surface area contributed by atoms with Crippen molar-refractivity contribution in [1.29, 1.82) is 0 Å². The molecule has 4 atom stereocenters. The number of hydrogen-bond donors (Lipinski definition) is 6. The predicted molar refractivity (Wildman–Crippen MR) is 110 cm³/mol. The van der Waals surface area contributed by atoms with Crippen molar-refractivity contribution in [1.82, 2.24) is 15.5 Å². The minimum absolute atomic E-state index is 0.123. The summed E-state index contributed by atoms with van der Waals surface area (Å²) in [7, 11) is 0. The molecule has 13 heteroatoms. The largest absolute Gasteiger partial charge is 0.481 e. The van der Waals surface area contributed by atoms with Gasteiger partial charge in [-0.25, -0.2) is 4.79 Å². The molecule has 32 heavy (non-hydrogen) atoms. The molecule has 13 nitrogen and oxygen atoms in total. The quantitative estimate of drug-likeness (QED) is 0.186. The molecule has 4 unspecified atom stereocenters. The summed E-state index contributed by atoms with van der Waals surface area (Å²) in [4.78, 5) is 72.6. The summed E-state index contributed by atoms with van der Waals surface area (Å²) in [5.41, 5.74) is 10.8. The Kier molecular flexibility index (Phi) is 10.0. The highest BCUT2D eigenvalue weighted by molar-refractivity contribution is 5.96. The highest BCUT2D eigenvalue weighted by Crippen LogP contribution is 2.20. The SMILES string of the molecule is CC(C)C(N)C(=O)NC(CC(=O)O)C(=O)N1CCCC1C(=O)NC(CCC(N)=O)C(=O)O. The van der Waals surface area contributed by atoms with Crippen LogP contribution in [0.25, 0.3) is 0 Å². The van der Waals surface area contributed by atoms with Crippen LogP contribution in [-0.4, -0.2) is 81.4 Å². The fourth-order valence-corrected chi connectivity index (χ4v) is 3.26. The maximum Gasteiger partial charge on any atom is 0.326 e. The summed E-state index contributed by atoms with van der Waals surface area (Å²) >= 11 is 0. The number of carbonyl (C=O) groups excluding carboxylic acids is 4. The number of hydrogen-bond acceptors (Lipinski definition) is 7. The first-order chi connectivity index (χ1) is 14.8. The zero-order valence-electron chi connectivity index (χ0n) is 18.1. The molecular weight excluding hydrogens is 426 g/mol. The molecule has 0 saturated carbocycles. The van der Waals surface area contributed by atoms with Gasteiger partial charge in [-0.05, 0) is 25.2 Å². The Bertz CT molecular complexity index is 756. The molecule has 4 amide bonds. The first-order valence-electron chi connectivity index (χ1n) is 10.2. The van der Waals surface area contributed by atoms with Crippen LogP contribution in [0.5, 0.6) is 0 Å². The van der Waals surface area contributed by atoms with Gasteiger partial charge in [-0.15, -0.1) is 0 Å². The number of carbonyl (C=O) groups is 6. The van der Waals surface area contributed by atoms with Gasteiger partial charge in [-0.1, -0.05) is 13.8 Å². The molecule has 1 saturated heterocycles. The van der Waals surface area contributed by atoms with Crippen LogP contribution in [0.3, 0.4) is 0 Å². The summed E-state index contributed by atoms with van der Waals surface area (Å²) in [5, 5.41) is 23.1. The van der Waals surface area contributed by atoms with Crippen molar-refractivity contribution in [3.05, 3.63) is 0 Å². The lowest BCUT2D eigenvalue weighted by molar-refractivity contribution is -0.147. The topological polar surface area (TPSA) is 222 Å². The molecule has 180 valence electrons. The third-order valence-electron chi connectivity index (χ3n) is 5.15. The molecule has 1 aliphatic rings. The molecule has 0 aromatic heterocycles. The van der Waals surface area contributed by atoms with Crippen molar-refractivity contribution in [3.63, 3.8) is 0 Å². The number of aliphatic carboxylic acids is 2. The minimum atomic E-state index is -1.44. The van der Waals surface area contributed by atoms with E-state index in [4.69, 9.17) is 16.6 Å². The molecule has 8 N–H and O–H groups in total. The van der Waals surface area contributed by atoms with E-state index in [1.807, 2.05) is 0 Å². The van der Waals surface area contributed by atoms with Crippen molar-refractivity contribution >= 4 is 35.6 Å². The summed E-state index contributed by atoms with van der Waals surface area (Å²) in [6.07, 6.45) is -0.549. The Morgan fingerprint density at radius 1 is 1.06 bits per heavy atom. The van der Waals surface area contributed by atoms with Gasteiger partial charge in [0.1, 0.15) is 18.1 Å². The summed E-state index contributed by atoms with van der Waals surface area (Å²) in [6.45, 7) is 3.50. The Hall–Kier alpha value is -3.22. The molecule has 0 aliphatic carbocycles. The van der Waals surface area contributed by atoms with E-state index in [9.17, 15) is 33.9 Å². The molecule has 0 aromatic rings. The first-order valence-corrected chi connectivity index (χ1v) is 10.2. The van der Waals surface area contributed by atoms with Crippen LogP contribution in [0.1, 0.15) is 46.0 Å². The van der Waals surface area contributed by atoms with Gasteiger partial charge in [-0.2, -0.15) is 0 Å². The van der Waals surface area contributed by atoms with Crippen molar-refractivity contribution in [2.24, 2.45) is 17.4 Å². The average Bonchev–Trinajstić information content (AvgIpc) is 3.18. The molecule has 0 radical (unpaired) electrons. The van der Waals surface area contributed by atoms with E-state index in [1.165, 1.54) is 0 Å². The lowest BCUT2D eigenvalue weighted by Gasteiger charge is -2.29. The van der Waals surface area contributed by atoms with Gasteiger partial charge >= 0.3 is 11.9 Å². The van der Waals surface area contributed by atoms with E-state index in [-0.39, 0.29) is 31.7 Å². The molecule has 0 aromatic carbocycles. The number of carboxylic acid groups (broad SMARTS) is 2. The van der Waals surface area contributed by atoms with Crippen molar-refractivity contribution in [3.8, 4) is 0 Å². The second-order valence-electron chi connectivity index (χ2n) is 8.02. The van der Waals surface area contributed by atoms with Crippen LogP contribution >= 0.6 is 0 Å². The number of nitrogens with one attached hydrogen (secondary N) is 2. The summed E-state index contributed by atoms with van der Waals surface area (Å²) < 4.78 is 0. The first kappa shape index (κ1) is 26.8. The highest BCUT2D eigenvalue weighted by atomic mass is 16.4. The van der Waals surface area contributed by atoms with Gasteiger partial charge in [0.15, 0.2) is 0 Å². The Morgan fingerprint density at radius 3 is 2.19 bits per heavy atom. The number of amides is 4. The zero-order chi connectivity index (χ0) is 24.6. The van der Waals surface area contributed by atoms with Crippen molar-refractivity contribution in [2.45, 2.75) is 70.1 Å². The molecule has 1 fully saturated rings. The Balaban J connectivity index is 2.96. The van der Waals surface area contributed by atoms with Crippen LogP contribution in [0, 0.1) is 5.92 Å². The van der Waals surface area contributed by atoms with Gasteiger partial charge < -0.3 is 37.2 Å². The second-order valence-corrected chi connectivity index (χ2v) is 8.02. The van der Waals surface area contributed by atoms with E-state index in [2.05, 4.69) is 10.6 Å². The standard InChI is InChI=1S/C19H31N5O8/c1-9(2)15(21)17(29)23-11(8-14(26)27)18(30)24-7-3-4-12(24)16(28)22-10(19(31)32)5-6-13(20)25/h9-12,15H,3-8,21H2,1-2H3,(H2,20,25)(H,22,28)(H,23,29)(H,26,27)(H,31,32). The molecule has 0 spiro atoms. The molecular formula is C19H31N5O8. The summed E-state index contributed by atoms with van der Waals surface area (Å²) in [5.74, 6) is -5.92. The molecule has 1 rings (SSSR count). The van der Waals surface area contributed by atoms with Gasteiger partial charge in [0.2, 0.25) is 23.6 Å². The smallest absolute Gasteiger partial charge is 0.326 e. The number of rotatable bonds is 12. The van der Waals surface area contributed by atoms with Gasteiger partial charge in [0.05, 0.1) is 12.5 Å². The zero-order valence-corrected chi connectivity index (χ0v) is 18.1. The van der Waals surface area contributed by atoms with Gasteiger partial charge in [0.25, 0.3) is 0 Å². The average molecular weight is 457 g/mol. The maximum atomic E-state index is 13.0. The number of carboxylic acids is 2. The number of primary amides is 1. The lowest BCUT2D eigenvalue weighted by atomic mass is 10.0. The van der Waals surface area contributed by atoms with Crippen LogP contribution in [-0.2, 0) is 28.8 Å². The monoisotopic (exact) mass is 457 g/mol. The van der Waals surface area contributed by atoms with E-state index in [0.29, 0.717) is 6.42 Å². The van der Waals surface area contributed by atoms with E-state index in [0.717, 1.165) is 4.90 Å². The predicted octanol–water partition coefficient (Wildman–Crippen LogP) is -2.24. The fraction of sp³-hybridized carbons (Fsp3) is 0.684. The van der Waals surface area contributed by atoms with Crippen LogP contribution in [0.4, 0.5) is 0 Å². The fourth-order valence-electron chi connectivity index (χ4n) is 3.26. The molecule has 1 heterocycles.